The molecule has 1 N–H and O–H groups in total. The van der Waals surface area contributed by atoms with Crippen LogP contribution in [0, 0.1) is 11.8 Å². The van der Waals surface area contributed by atoms with E-state index in [9.17, 15) is 4.79 Å². The molecule has 102 valence electrons. The lowest BCUT2D eigenvalue weighted by molar-refractivity contribution is -0.145. The van der Waals surface area contributed by atoms with E-state index in [1.165, 1.54) is 32.5 Å². The van der Waals surface area contributed by atoms with Gasteiger partial charge in [-0.15, -0.1) is 0 Å². The summed E-state index contributed by atoms with van der Waals surface area (Å²) in [6.45, 7) is 6.97. The molecular weight excluding hydrogens is 228 g/mol. The average Bonchev–Trinajstić information content (AvgIpc) is 2.39. The smallest absolute Gasteiger partial charge is 0.306 e. The third kappa shape index (κ3) is 2.16. The Hall–Kier alpha value is -0.610. The second-order valence-electron chi connectivity index (χ2n) is 6.35. The van der Waals surface area contributed by atoms with Gasteiger partial charge in [0.2, 0.25) is 0 Å². The Morgan fingerprint density at radius 1 is 1.17 bits per heavy atom. The first kappa shape index (κ1) is 12.4. The topological polar surface area (TPSA) is 43.8 Å². The molecule has 4 rings (SSSR count). The highest BCUT2D eigenvalue weighted by Gasteiger charge is 2.41. The second-order valence-corrected chi connectivity index (χ2v) is 6.35. The zero-order valence-corrected chi connectivity index (χ0v) is 11.2. The maximum Gasteiger partial charge on any atom is 0.306 e. The average molecular weight is 252 g/mol. The predicted octanol–water partition coefficient (Wildman–Crippen LogP) is 1.27. The minimum Gasteiger partial charge on any atom is -0.481 e. The third-order valence-corrected chi connectivity index (χ3v) is 5.32. The van der Waals surface area contributed by atoms with Crippen LogP contribution in [0.4, 0.5) is 0 Å². The molecule has 0 amide bonds. The van der Waals surface area contributed by atoms with Gasteiger partial charge in [-0.1, -0.05) is 0 Å². The number of carboxylic acid groups (broad SMARTS) is 1. The molecule has 4 aliphatic rings. The van der Waals surface area contributed by atoms with Gasteiger partial charge in [-0.2, -0.15) is 0 Å². The SMILES string of the molecule is CC1CC(C(=O)O)CCN1C1CN2CCC1CC2. The van der Waals surface area contributed by atoms with E-state index < -0.39 is 5.97 Å². The molecule has 0 aromatic rings. The van der Waals surface area contributed by atoms with Gasteiger partial charge in [-0.25, -0.2) is 0 Å². The minimum atomic E-state index is -0.601. The van der Waals surface area contributed by atoms with Crippen LogP contribution >= 0.6 is 0 Å². The molecule has 18 heavy (non-hydrogen) atoms. The molecule has 0 spiro atoms. The van der Waals surface area contributed by atoms with Crippen molar-refractivity contribution in [2.45, 2.75) is 44.7 Å². The van der Waals surface area contributed by atoms with Crippen LogP contribution in [-0.4, -0.2) is 59.1 Å². The van der Waals surface area contributed by atoms with Crippen LogP contribution in [0.3, 0.4) is 0 Å². The lowest BCUT2D eigenvalue weighted by Gasteiger charge is -2.52. The van der Waals surface area contributed by atoms with Crippen molar-refractivity contribution < 1.29 is 9.90 Å². The minimum absolute atomic E-state index is 0.114. The molecular formula is C14H24N2O2. The van der Waals surface area contributed by atoms with Crippen LogP contribution in [0.15, 0.2) is 0 Å². The molecule has 4 nitrogen and oxygen atoms in total. The highest BCUT2D eigenvalue weighted by molar-refractivity contribution is 5.70. The fourth-order valence-electron chi connectivity index (χ4n) is 4.22. The van der Waals surface area contributed by atoms with Crippen molar-refractivity contribution in [2.24, 2.45) is 11.8 Å². The van der Waals surface area contributed by atoms with E-state index in [-0.39, 0.29) is 5.92 Å². The molecule has 4 heteroatoms. The van der Waals surface area contributed by atoms with E-state index in [0.29, 0.717) is 12.1 Å². The van der Waals surface area contributed by atoms with E-state index in [2.05, 4.69) is 16.7 Å². The van der Waals surface area contributed by atoms with Gasteiger partial charge in [0, 0.05) is 18.6 Å². The first-order valence-corrected chi connectivity index (χ1v) is 7.36. The maximum absolute atomic E-state index is 11.1. The maximum atomic E-state index is 11.1. The summed E-state index contributed by atoms with van der Waals surface area (Å²) in [7, 11) is 0. The number of carbonyl (C=O) groups is 1. The number of nitrogens with zero attached hydrogens (tertiary/aromatic N) is 2. The van der Waals surface area contributed by atoms with Crippen LogP contribution in [0.1, 0.15) is 32.6 Å². The van der Waals surface area contributed by atoms with Crippen molar-refractivity contribution in [1.82, 2.24) is 9.80 Å². The van der Waals surface area contributed by atoms with Crippen LogP contribution in [-0.2, 0) is 4.79 Å². The Bertz CT molecular complexity index is 326. The van der Waals surface area contributed by atoms with E-state index in [1.807, 2.05) is 0 Å². The van der Waals surface area contributed by atoms with Crippen molar-refractivity contribution in [1.29, 1.82) is 0 Å². The number of aliphatic carboxylic acids is 1. The molecule has 3 unspecified atom stereocenters. The highest BCUT2D eigenvalue weighted by Crippen LogP contribution is 2.35. The molecule has 0 aliphatic carbocycles. The monoisotopic (exact) mass is 252 g/mol. The summed E-state index contributed by atoms with van der Waals surface area (Å²) in [6, 6.07) is 1.13. The highest BCUT2D eigenvalue weighted by atomic mass is 16.4. The molecule has 4 heterocycles. The first-order chi connectivity index (χ1) is 8.65. The number of hydrogen-bond donors (Lipinski definition) is 1. The Morgan fingerprint density at radius 2 is 1.89 bits per heavy atom. The summed E-state index contributed by atoms with van der Waals surface area (Å²) in [5.41, 5.74) is 0. The van der Waals surface area contributed by atoms with Gasteiger partial charge in [0.1, 0.15) is 0 Å². The Morgan fingerprint density at radius 3 is 2.39 bits per heavy atom. The summed E-state index contributed by atoms with van der Waals surface area (Å²) in [5, 5.41) is 9.13. The lowest BCUT2D eigenvalue weighted by Crippen LogP contribution is -2.60. The largest absolute Gasteiger partial charge is 0.481 e. The molecule has 0 aromatic carbocycles. The van der Waals surface area contributed by atoms with Crippen LogP contribution in [0.25, 0.3) is 0 Å². The standard InChI is InChI=1S/C14H24N2O2/c1-10-8-12(14(17)18)4-7-16(10)13-9-15-5-2-11(13)3-6-15/h10-13H,2-9H2,1H3,(H,17,18). The Kier molecular flexibility index (Phi) is 3.32. The molecule has 4 aliphatic heterocycles. The van der Waals surface area contributed by atoms with E-state index in [1.54, 1.807) is 0 Å². The van der Waals surface area contributed by atoms with Crippen LogP contribution in [0.5, 0.6) is 0 Å². The summed E-state index contributed by atoms with van der Waals surface area (Å²) in [5.74, 6) is 0.145. The summed E-state index contributed by atoms with van der Waals surface area (Å²) < 4.78 is 0. The quantitative estimate of drug-likeness (QED) is 0.803. The van der Waals surface area contributed by atoms with Crippen LogP contribution in [0.2, 0.25) is 0 Å². The Balaban J connectivity index is 1.65. The van der Waals surface area contributed by atoms with Crippen molar-refractivity contribution in [3.8, 4) is 0 Å². The molecule has 0 saturated carbocycles. The zero-order chi connectivity index (χ0) is 12.7. The number of hydrogen-bond acceptors (Lipinski definition) is 3. The van der Waals surface area contributed by atoms with Gasteiger partial charge in [-0.3, -0.25) is 9.69 Å². The molecule has 3 atom stereocenters. The van der Waals surface area contributed by atoms with Gasteiger partial charge in [0.05, 0.1) is 5.92 Å². The van der Waals surface area contributed by atoms with Gasteiger partial charge in [0.15, 0.2) is 0 Å². The van der Waals surface area contributed by atoms with E-state index in [0.717, 1.165) is 25.3 Å². The summed E-state index contributed by atoms with van der Waals surface area (Å²) >= 11 is 0. The molecule has 4 fully saturated rings. The first-order valence-electron chi connectivity index (χ1n) is 7.36. The van der Waals surface area contributed by atoms with Gasteiger partial charge >= 0.3 is 5.97 Å². The third-order valence-electron chi connectivity index (χ3n) is 5.32. The number of likely N-dealkylation sites (tertiary alicyclic amines) is 1. The van der Waals surface area contributed by atoms with E-state index in [4.69, 9.17) is 5.11 Å². The zero-order valence-electron chi connectivity index (χ0n) is 11.2. The molecule has 0 aromatic heterocycles. The second kappa shape index (κ2) is 4.82. The molecule has 0 radical (unpaired) electrons. The summed E-state index contributed by atoms with van der Waals surface area (Å²) in [4.78, 5) is 16.3. The van der Waals surface area contributed by atoms with Crippen molar-refractivity contribution in [3.63, 3.8) is 0 Å². The fourth-order valence-corrected chi connectivity index (χ4v) is 4.22. The summed E-state index contributed by atoms with van der Waals surface area (Å²) in [6.07, 6.45) is 4.36. The number of piperidine rings is 4. The number of carboxylic acids is 1. The molecule has 2 bridgehead atoms. The van der Waals surface area contributed by atoms with Crippen molar-refractivity contribution in [3.05, 3.63) is 0 Å². The van der Waals surface area contributed by atoms with Crippen LogP contribution < -0.4 is 0 Å². The number of fused-ring (bicyclic) bond motifs is 3. The van der Waals surface area contributed by atoms with Gasteiger partial charge in [-0.05, 0) is 58.2 Å². The normalized spacial score (nSPS) is 45.1. The van der Waals surface area contributed by atoms with Gasteiger partial charge < -0.3 is 10.0 Å². The Labute approximate surface area is 109 Å². The lowest BCUT2D eigenvalue weighted by atomic mass is 9.80. The molecule has 4 saturated heterocycles. The van der Waals surface area contributed by atoms with Crippen molar-refractivity contribution in [2.75, 3.05) is 26.2 Å². The number of rotatable bonds is 2. The predicted molar refractivity (Wildman–Crippen MR) is 69.5 cm³/mol. The van der Waals surface area contributed by atoms with Crippen molar-refractivity contribution >= 4 is 5.97 Å². The fraction of sp³-hybridized carbons (Fsp3) is 0.929. The van der Waals surface area contributed by atoms with E-state index >= 15 is 0 Å². The van der Waals surface area contributed by atoms with Gasteiger partial charge in [0.25, 0.3) is 0 Å².